The van der Waals surface area contributed by atoms with E-state index >= 15 is 0 Å². The first-order valence-electron chi connectivity index (χ1n) is 22.1. The molecule has 0 bridgehead atoms. The van der Waals surface area contributed by atoms with Gasteiger partial charge in [0.15, 0.2) is 0 Å². The lowest BCUT2D eigenvalue weighted by Gasteiger charge is -2.45. The second-order valence-electron chi connectivity index (χ2n) is 21.6. The molecule has 3 nitrogen and oxygen atoms in total. The molecule has 10 rings (SSSR count). The summed E-state index contributed by atoms with van der Waals surface area (Å²) < 4.78 is 6.38. The van der Waals surface area contributed by atoms with Gasteiger partial charge in [0.25, 0.3) is 0 Å². The summed E-state index contributed by atoms with van der Waals surface area (Å²) in [4.78, 5) is 5.07. The first-order valence-corrected chi connectivity index (χ1v) is 22.1. The first-order chi connectivity index (χ1) is 28.3. The van der Waals surface area contributed by atoms with Gasteiger partial charge in [0.2, 0.25) is 0 Å². The number of anilines is 6. The van der Waals surface area contributed by atoms with Crippen molar-refractivity contribution >= 4 is 45.1 Å². The fourth-order valence-corrected chi connectivity index (χ4v) is 11.0. The number of hydrogen-bond donors (Lipinski definition) is 0. The molecule has 1 atom stereocenters. The summed E-state index contributed by atoms with van der Waals surface area (Å²) in [6.07, 6.45) is 4.32. The Kier molecular flexibility index (Phi) is 8.21. The Morgan fingerprint density at radius 2 is 1.20 bits per heavy atom. The Labute approximate surface area is 358 Å². The van der Waals surface area contributed by atoms with Crippen LogP contribution < -0.4 is 9.80 Å². The molecule has 1 aromatic heterocycles. The Hall–Kier alpha value is -5.54. The number of rotatable bonds is 4. The van der Waals surface area contributed by atoms with Gasteiger partial charge in [-0.1, -0.05) is 130 Å². The quantitative estimate of drug-likeness (QED) is 0.177. The van der Waals surface area contributed by atoms with Gasteiger partial charge in [0.05, 0.1) is 17.1 Å². The van der Waals surface area contributed by atoms with Gasteiger partial charge in [-0.05, 0) is 159 Å². The van der Waals surface area contributed by atoms with Crippen LogP contribution in [0.4, 0.5) is 34.1 Å². The monoisotopic (exact) mass is 788 g/mol. The summed E-state index contributed by atoms with van der Waals surface area (Å²) in [6, 6.07) is 44.1. The van der Waals surface area contributed by atoms with E-state index in [4.69, 9.17) is 4.42 Å². The number of para-hydroxylation sites is 1. The third-order valence-corrected chi connectivity index (χ3v) is 14.5. The molecular weight excluding hydrogens is 729 g/mol. The number of aryl methyl sites for hydroxylation is 1. The molecular formula is C57H60N2O. The minimum absolute atomic E-state index is 0.0522. The lowest BCUT2D eigenvalue weighted by molar-refractivity contribution is 0.332. The van der Waals surface area contributed by atoms with Crippen LogP contribution in [0.2, 0.25) is 0 Å². The SMILES string of the molecule is Cc1cc(N(c2cc(C(C)(C)C)cc(C(C)(C)C)c2)c2coc3ccccc23)cc2c1C1(C)c3ccccc3-c3cccc(c31)N2c1ccc2c(c1)C(C)(C)CCC2(C)C. The topological polar surface area (TPSA) is 19.6 Å². The van der Waals surface area contributed by atoms with Crippen LogP contribution in [0.1, 0.15) is 134 Å². The summed E-state index contributed by atoms with van der Waals surface area (Å²) in [6.45, 7) is 28.5. The zero-order chi connectivity index (χ0) is 42.3. The van der Waals surface area contributed by atoms with Gasteiger partial charge in [0, 0.05) is 27.9 Å². The van der Waals surface area contributed by atoms with Crippen molar-refractivity contribution in [2.45, 2.75) is 123 Å². The fourth-order valence-electron chi connectivity index (χ4n) is 11.0. The van der Waals surface area contributed by atoms with Crippen molar-refractivity contribution < 1.29 is 4.42 Å². The van der Waals surface area contributed by atoms with E-state index in [9.17, 15) is 0 Å². The second-order valence-corrected chi connectivity index (χ2v) is 21.6. The van der Waals surface area contributed by atoms with Gasteiger partial charge in [-0.15, -0.1) is 0 Å². The zero-order valence-corrected chi connectivity index (χ0v) is 37.8. The van der Waals surface area contributed by atoms with Crippen LogP contribution in [0.15, 0.2) is 126 Å². The maximum Gasteiger partial charge on any atom is 0.136 e. The lowest BCUT2D eigenvalue weighted by Crippen LogP contribution is -2.35. The average molecular weight is 789 g/mol. The molecule has 2 heterocycles. The van der Waals surface area contributed by atoms with Crippen molar-refractivity contribution in [2.24, 2.45) is 0 Å². The lowest BCUT2D eigenvalue weighted by atomic mass is 9.63. The van der Waals surface area contributed by atoms with Gasteiger partial charge in [0.1, 0.15) is 11.8 Å². The van der Waals surface area contributed by atoms with E-state index in [2.05, 4.69) is 208 Å². The van der Waals surface area contributed by atoms with Crippen LogP contribution in [0, 0.1) is 6.92 Å². The van der Waals surface area contributed by atoms with E-state index in [1.807, 2.05) is 6.26 Å². The first kappa shape index (κ1) is 38.6. The summed E-state index contributed by atoms with van der Waals surface area (Å²) in [7, 11) is 0. The van der Waals surface area contributed by atoms with E-state index in [1.165, 1.54) is 85.5 Å². The van der Waals surface area contributed by atoms with Gasteiger partial charge < -0.3 is 14.2 Å². The summed E-state index contributed by atoms with van der Waals surface area (Å²) in [5.41, 5.74) is 21.3. The molecule has 0 fully saturated rings. The molecule has 0 radical (unpaired) electrons. The van der Waals surface area contributed by atoms with Crippen molar-refractivity contribution in [1.29, 1.82) is 0 Å². The van der Waals surface area contributed by atoms with Crippen LogP contribution in [-0.4, -0.2) is 0 Å². The maximum absolute atomic E-state index is 6.38. The van der Waals surface area contributed by atoms with E-state index in [0.717, 1.165) is 28.0 Å². The molecule has 7 aromatic rings. The van der Waals surface area contributed by atoms with Gasteiger partial charge in [-0.25, -0.2) is 0 Å². The second kappa shape index (κ2) is 12.7. The molecule has 1 aliphatic heterocycles. The molecule has 0 N–H and O–H groups in total. The summed E-state index contributed by atoms with van der Waals surface area (Å²) in [5, 5.41) is 1.09. The number of nitrogens with zero attached hydrogens (tertiary/aromatic N) is 2. The molecule has 1 unspecified atom stereocenters. The van der Waals surface area contributed by atoms with E-state index in [0.29, 0.717) is 0 Å². The highest BCUT2D eigenvalue weighted by Gasteiger charge is 2.49. The minimum atomic E-state index is -0.342. The molecule has 6 aromatic carbocycles. The van der Waals surface area contributed by atoms with Gasteiger partial charge in [-0.3, -0.25) is 0 Å². The summed E-state index contributed by atoms with van der Waals surface area (Å²) >= 11 is 0. The standard InChI is InChI=1S/C57H60N2O/c1-35-28-39(58(49-34-60-50-23-16-14-19-43(49)50)40-30-36(53(2,3)4)29-37(31-40)54(5,6)7)33-48-51(35)57(12)44-21-15-13-18-41(44)42-20-17-22-47(52(42)57)59(48)38-24-25-45-46(32-38)56(10,11)27-26-55(45,8)9/h13-25,28-34H,26-27H2,1-12H3. The molecule has 0 saturated heterocycles. The van der Waals surface area contributed by atoms with Crippen LogP contribution in [0.3, 0.4) is 0 Å². The normalized spacial score (nSPS) is 18.5. The molecule has 304 valence electrons. The third-order valence-electron chi connectivity index (χ3n) is 14.5. The van der Waals surface area contributed by atoms with Crippen LogP contribution in [0.25, 0.3) is 22.1 Å². The molecule has 0 saturated carbocycles. The van der Waals surface area contributed by atoms with Crippen molar-refractivity contribution in [2.75, 3.05) is 9.80 Å². The minimum Gasteiger partial charge on any atom is -0.462 e. The molecule has 3 aliphatic rings. The van der Waals surface area contributed by atoms with Crippen molar-refractivity contribution in [3.8, 4) is 11.1 Å². The number of fused-ring (bicyclic) bond motifs is 7. The summed E-state index contributed by atoms with van der Waals surface area (Å²) in [5.74, 6) is 0. The molecule has 0 spiro atoms. The van der Waals surface area contributed by atoms with Crippen molar-refractivity contribution in [3.05, 3.63) is 166 Å². The Bertz CT molecular complexity index is 2860. The predicted octanol–water partition coefficient (Wildman–Crippen LogP) is 16.3. The van der Waals surface area contributed by atoms with Gasteiger partial charge in [-0.2, -0.15) is 0 Å². The Morgan fingerprint density at radius 1 is 0.567 bits per heavy atom. The fraction of sp³-hybridized carbons (Fsp3) is 0.333. The van der Waals surface area contributed by atoms with Gasteiger partial charge >= 0.3 is 0 Å². The molecule has 3 heteroatoms. The molecule has 2 aliphatic carbocycles. The van der Waals surface area contributed by atoms with Crippen LogP contribution in [-0.2, 0) is 27.1 Å². The van der Waals surface area contributed by atoms with Crippen LogP contribution in [0.5, 0.6) is 0 Å². The zero-order valence-electron chi connectivity index (χ0n) is 37.8. The number of hydrogen-bond acceptors (Lipinski definition) is 3. The number of benzene rings is 6. The smallest absolute Gasteiger partial charge is 0.136 e. The third kappa shape index (κ3) is 5.60. The van der Waals surface area contributed by atoms with Crippen molar-refractivity contribution in [3.63, 3.8) is 0 Å². The van der Waals surface area contributed by atoms with E-state index < -0.39 is 0 Å². The molecule has 60 heavy (non-hydrogen) atoms. The highest BCUT2D eigenvalue weighted by Crippen LogP contribution is 2.64. The predicted molar refractivity (Wildman–Crippen MR) is 254 cm³/mol. The van der Waals surface area contributed by atoms with E-state index in [1.54, 1.807) is 0 Å². The largest absolute Gasteiger partial charge is 0.462 e. The highest BCUT2D eigenvalue weighted by atomic mass is 16.3. The molecule has 0 amide bonds. The number of furan rings is 1. The average Bonchev–Trinajstić information content (AvgIpc) is 3.73. The van der Waals surface area contributed by atoms with Crippen molar-refractivity contribution in [1.82, 2.24) is 0 Å². The Morgan fingerprint density at radius 3 is 1.92 bits per heavy atom. The van der Waals surface area contributed by atoms with E-state index in [-0.39, 0.29) is 27.1 Å². The highest BCUT2D eigenvalue weighted by molar-refractivity contribution is 6.01. The Balaban J connectivity index is 1.30. The van der Waals surface area contributed by atoms with Crippen LogP contribution >= 0.6 is 0 Å². The maximum atomic E-state index is 6.38.